The molecule has 0 saturated heterocycles. The number of pyridine rings is 1. The van der Waals surface area contributed by atoms with Crippen LogP contribution in [0.5, 0.6) is 0 Å². The van der Waals surface area contributed by atoms with Crippen molar-refractivity contribution in [3.8, 4) is 0 Å². The molecule has 5 N–H and O–H groups in total. The van der Waals surface area contributed by atoms with Crippen molar-refractivity contribution >= 4 is 28.8 Å². The second-order valence-electron chi connectivity index (χ2n) is 13.1. The quantitative estimate of drug-likeness (QED) is 0.180. The van der Waals surface area contributed by atoms with E-state index >= 15 is 0 Å². The number of hydrogen-bond acceptors (Lipinski definition) is 8. The third-order valence-corrected chi connectivity index (χ3v) is 8.13. The lowest BCUT2D eigenvalue weighted by Crippen LogP contribution is -2.58. The molecule has 252 valence electrons. The Morgan fingerprint density at radius 3 is 2.29 bits per heavy atom. The predicted octanol–water partition coefficient (Wildman–Crippen LogP) is 3.82. The first-order valence-electron chi connectivity index (χ1n) is 16.2. The van der Waals surface area contributed by atoms with Crippen LogP contribution in [0.2, 0.25) is 0 Å². The lowest BCUT2D eigenvalue weighted by Gasteiger charge is -2.41. The highest BCUT2D eigenvalue weighted by Gasteiger charge is 2.35. The highest BCUT2D eigenvalue weighted by atomic mass is 16.6. The number of carbonyl (C=O) groups excluding carboxylic acids is 3. The molecule has 4 aromatic rings. The smallest absolute Gasteiger partial charge is 0.425 e. The first-order valence-corrected chi connectivity index (χ1v) is 16.2. The molecule has 1 aromatic heterocycles. The molecule has 1 aliphatic rings. The van der Waals surface area contributed by atoms with Crippen LogP contribution in [0.15, 0.2) is 91.0 Å². The summed E-state index contributed by atoms with van der Waals surface area (Å²) >= 11 is 0. The van der Waals surface area contributed by atoms with Crippen LogP contribution in [0.3, 0.4) is 0 Å². The van der Waals surface area contributed by atoms with Gasteiger partial charge in [0.2, 0.25) is 11.8 Å². The number of benzene rings is 3. The van der Waals surface area contributed by atoms with Crippen molar-refractivity contribution < 1.29 is 24.2 Å². The zero-order valence-corrected chi connectivity index (χ0v) is 27.6. The second kappa shape index (κ2) is 15.4. The van der Waals surface area contributed by atoms with Crippen molar-refractivity contribution in [1.29, 1.82) is 0 Å². The first kappa shape index (κ1) is 34.5. The molecule has 11 heteroatoms. The fraction of sp³-hybridized carbons (Fsp3) is 0.351. The number of β-amino-alcohol motifs (C(OH)–C–C–N with tert-alkyl or cyclic N) is 1. The van der Waals surface area contributed by atoms with Gasteiger partial charge in [-0.25, -0.2) is 14.8 Å². The van der Waals surface area contributed by atoms with Crippen LogP contribution >= 0.6 is 0 Å². The van der Waals surface area contributed by atoms with Crippen molar-refractivity contribution in [2.24, 2.45) is 5.73 Å². The maximum absolute atomic E-state index is 13.8. The van der Waals surface area contributed by atoms with Crippen molar-refractivity contribution in [3.63, 3.8) is 0 Å². The van der Waals surface area contributed by atoms with Gasteiger partial charge < -0.3 is 20.9 Å². The summed E-state index contributed by atoms with van der Waals surface area (Å²) in [4.78, 5) is 43.9. The number of carbonyl (C=O) groups is 3. The molecule has 2 heterocycles. The molecular formula is C37H44N6O5. The number of fused-ring (bicyclic) bond motifs is 2. The number of primary amides is 1. The molecule has 0 bridgehead atoms. The topological polar surface area (TPSA) is 150 Å². The summed E-state index contributed by atoms with van der Waals surface area (Å²) in [6, 6.07) is 27.1. The van der Waals surface area contributed by atoms with E-state index in [2.05, 4.69) is 15.6 Å². The predicted molar refractivity (Wildman–Crippen MR) is 183 cm³/mol. The van der Waals surface area contributed by atoms with E-state index in [9.17, 15) is 19.5 Å². The number of rotatable bonds is 12. The number of hydrazine groups is 1. The number of aliphatic hydroxyl groups excluding tert-OH is 1. The minimum atomic E-state index is -1.11. The number of para-hydroxylation sites is 1. The fourth-order valence-electron chi connectivity index (χ4n) is 5.74. The van der Waals surface area contributed by atoms with E-state index in [4.69, 9.17) is 10.5 Å². The van der Waals surface area contributed by atoms with E-state index in [1.165, 1.54) is 5.01 Å². The van der Waals surface area contributed by atoms with Crippen LogP contribution in [0.1, 0.15) is 49.6 Å². The zero-order valence-electron chi connectivity index (χ0n) is 27.6. The monoisotopic (exact) mass is 652 g/mol. The maximum atomic E-state index is 13.8. The van der Waals surface area contributed by atoms with Crippen LogP contribution < -0.4 is 16.4 Å². The van der Waals surface area contributed by atoms with E-state index in [1.54, 1.807) is 25.8 Å². The van der Waals surface area contributed by atoms with Crippen molar-refractivity contribution in [3.05, 3.63) is 113 Å². The molecule has 3 atom stereocenters. The van der Waals surface area contributed by atoms with Gasteiger partial charge in [0, 0.05) is 25.0 Å². The minimum absolute atomic E-state index is 0.0281. The maximum Gasteiger partial charge on any atom is 0.425 e. The highest BCUT2D eigenvalue weighted by molar-refractivity contribution is 5.88. The van der Waals surface area contributed by atoms with Crippen molar-refractivity contribution in [1.82, 2.24) is 25.6 Å². The number of nitrogens with two attached hydrogens (primary N) is 1. The largest absolute Gasteiger partial charge is 0.443 e. The lowest BCUT2D eigenvalue weighted by atomic mass is 9.99. The summed E-state index contributed by atoms with van der Waals surface area (Å²) in [5.74, 6) is -1.13. The van der Waals surface area contributed by atoms with E-state index in [0.29, 0.717) is 18.7 Å². The van der Waals surface area contributed by atoms with Gasteiger partial charge in [0.1, 0.15) is 5.60 Å². The summed E-state index contributed by atoms with van der Waals surface area (Å²) < 4.78 is 5.72. The lowest BCUT2D eigenvalue weighted by molar-refractivity contribution is -0.129. The Morgan fingerprint density at radius 1 is 0.917 bits per heavy atom. The number of nitrogens with zero attached hydrogens (tertiary/aromatic N) is 3. The van der Waals surface area contributed by atoms with Crippen molar-refractivity contribution in [2.75, 3.05) is 6.54 Å². The Morgan fingerprint density at radius 2 is 1.58 bits per heavy atom. The van der Waals surface area contributed by atoms with Gasteiger partial charge >= 0.3 is 6.09 Å². The summed E-state index contributed by atoms with van der Waals surface area (Å²) in [5.41, 5.74) is 9.28. The van der Waals surface area contributed by atoms with Gasteiger partial charge in [0.05, 0.1) is 42.4 Å². The molecule has 3 aromatic carbocycles. The summed E-state index contributed by atoms with van der Waals surface area (Å²) in [6.45, 7) is 6.31. The zero-order chi connectivity index (χ0) is 34.3. The number of amides is 3. The van der Waals surface area contributed by atoms with Crippen LogP contribution in [-0.2, 0) is 40.4 Å². The molecule has 5 rings (SSSR count). The molecule has 3 amide bonds. The molecule has 0 aliphatic carbocycles. The van der Waals surface area contributed by atoms with Crippen LogP contribution in [0.25, 0.3) is 10.9 Å². The number of hydrogen-bond donors (Lipinski definition) is 4. The molecule has 48 heavy (non-hydrogen) atoms. The Labute approximate surface area is 281 Å². The van der Waals surface area contributed by atoms with Gasteiger partial charge in [-0.1, -0.05) is 78.9 Å². The van der Waals surface area contributed by atoms with E-state index < -0.39 is 41.7 Å². The first-order chi connectivity index (χ1) is 22.9. The molecule has 11 nitrogen and oxygen atoms in total. The third kappa shape index (κ3) is 9.37. The number of nitrogens with one attached hydrogen (secondary N) is 2. The average molecular weight is 653 g/mol. The van der Waals surface area contributed by atoms with Gasteiger partial charge in [0.25, 0.3) is 0 Å². The average Bonchev–Trinajstić information content (AvgIpc) is 3.05. The van der Waals surface area contributed by atoms with Gasteiger partial charge in [0.15, 0.2) is 0 Å². The third-order valence-electron chi connectivity index (χ3n) is 8.13. The Bertz CT molecular complexity index is 1730. The molecule has 0 spiro atoms. The van der Waals surface area contributed by atoms with Gasteiger partial charge in [-0.2, -0.15) is 0 Å². The molecule has 1 aliphatic heterocycles. The minimum Gasteiger partial charge on any atom is -0.443 e. The number of ether oxygens (including phenoxy) is 1. The van der Waals surface area contributed by atoms with Crippen LogP contribution in [0, 0.1) is 0 Å². The normalized spacial score (nSPS) is 15.3. The molecule has 1 unspecified atom stereocenters. The van der Waals surface area contributed by atoms with E-state index in [1.807, 2.05) is 91.0 Å². The summed E-state index contributed by atoms with van der Waals surface area (Å²) in [5, 5.41) is 22.2. The number of aromatic nitrogens is 1. The molecule has 0 saturated carbocycles. The number of aliphatic hydroxyl groups is 1. The second-order valence-corrected chi connectivity index (χ2v) is 13.1. The standard InChI is InChI=1S/C37H44N6O5/c1-37(2,3)48-36(47)43-23-28-15-8-7-14-27(28)22-42(43)24-33(44)31(19-25-11-5-4-6-12-25)41-35(46)32(20-34(38)45)39-21-29-18-17-26-13-9-10-16-30(26)40-29/h4-18,31-33,39,44H,19-24H2,1-3H3,(H2,38,45)(H,41,46)/t31-,32-,33?/m0/s1. The Hall–Kier alpha value is -4.84. The SMILES string of the molecule is CC(C)(C)OC(=O)N1Cc2ccccc2CN1CC(O)[C@H](Cc1ccccc1)NC(=O)[C@H](CC(N)=O)NCc1ccc2ccccc2n1. The summed E-state index contributed by atoms with van der Waals surface area (Å²) in [7, 11) is 0. The van der Waals surface area contributed by atoms with Gasteiger partial charge in [-0.3, -0.25) is 19.9 Å². The molecular weight excluding hydrogens is 608 g/mol. The highest BCUT2D eigenvalue weighted by Crippen LogP contribution is 2.25. The van der Waals surface area contributed by atoms with E-state index in [-0.39, 0.29) is 26.1 Å². The van der Waals surface area contributed by atoms with Gasteiger partial charge in [-0.05, 0) is 56.0 Å². The van der Waals surface area contributed by atoms with E-state index in [0.717, 1.165) is 27.6 Å². The molecule has 0 fully saturated rings. The Kier molecular flexibility index (Phi) is 11.0. The van der Waals surface area contributed by atoms with Crippen molar-refractivity contribution in [2.45, 2.75) is 77.0 Å². The van der Waals surface area contributed by atoms with Gasteiger partial charge in [-0.15, -0.1) is 0 Å². The summed E-state index contributed by atoms with van der Waals surface area (Å²) in [6.07, 6.45) is -1.58. The molecule has 0 radical (unpaired) electrons. The Balaban J connectivity index is 1.35. The fourth-order valence-corrected chi connectivity index (χ4v) is 5.74. The van der Waals surface area contributed by atoms with Crippen LogP contribution in [0.4, 0.5) is 4.79 Å². The van der Waals surface area contributed by atoms with Crippen LogP contribution in [-0.4, -0.2) is 68.3 Å².